The molecule has 0 spiro atoms. The molecule has 0 aromatic heterocycles. The molecule has 0 saturated carbocycles. The quantitative estimate of drug-likeness (QED) is 0.752. The smallest absolute Gasteiger partial charge is 0.146 e. The molecule has 2 aromatic carbocycles. The van der Waals surface area contributed by atoms with E-state index in [9.17, 15) is 4.39 Å². The van der Waals surface area contributed by atoms with Crippen molar-refractivity contribution in [3.8, 4) is 11.1 Å². The number of nitrogen functional groups attached to an aromatic ring is 1. The van der Waals surface area contributed by atoms with Crippen LogP contribution in [0.3, 0.4) is 0 Å². The van der Waals surface area contributed by atoms with Gasteiger partial charge in [-0.25, -0.2) is 4.39 Å². The lowest BCUT2D eigenvalue weighted by molar-refractivity contribution is 0.633. The molecule has 0 amide bonds. The Bertz CT molecular complexity index is 541. The zero-order chi connectivity index (χ0) is 11.7. The van der Waals surface area contributed by atoms with Crippen molar-refractivity contribution < 1.29 is 4.39 Å². The number of nitrogens with two attached hydrogens (primary N) is 1. The predicted octanol–water partition coefficient (Wildman–Crippen LogP) is 4.38. The van der Waals surface area contributed by atoms with Gasteiger partial charge in [0.2, 0.25) is 0 Å². The molecular weight excluding hydrogens is 248 g/mol. The minimum Gasteiger partial charge on any atom is -0.396 e. The van der Waals surface area contributed by atoms with Crippen LogP contribution in [0.15, 0.2) is 36.4 Å². The van der Waals surface area contributed by atoms with Gasteiger partial charge >= 0.3 is 0 Å². The molecule has 1 nitrogen and oxygen atoms in total. The highest BCUT2D eigenvalue weighted by Crippen LogP contribution is 2.34. The van der Waals surface area contributed by atoms with Gasteiger partial charge in [0.25, 0.3) is 0 Å². The SMILES string of the molecule is Nc1ccc(-c2cccc(Cl)c2Cl)cc1F. The molecule has 0 aliphatic heterocycles. The minimum atomic E-state index is -0.464. The van der Waals surface area contributed by atoms with Crippen molar-refractivity contribution in [1.82, 2.24) is 0 Å². The Labute approximate surface area is 103 Å². The van der Waals surface area contributed by atoms with E-state index in [4.69, 9.17) is 28.9 Å². The first kappa shape index (κ1) is 11.2. The lowest BCUT2D eigenvalue weighted by Crippen LogP contribution is -1.90. The Morgan fingerprint density at radius 1 is 1.06 bits per heavy atom. The van der Waals surface area contributed by atoms with E-state index >= 15 is 0 Å². The number of anilines is 1. The zero-order valence-electron chi connectivity index (χ0n) is 8.18. The summed E-state index contributed by atoms with van der Waals surface area (Å²) in [4.78, 5) is 0. The Morgan fingerprint density at radius 3 is 2.50 bits per heavy atom. The molecule has 0 saturated heterocycles. The predicted molar refractivity (Wildman–Crippen MR) is 66.3 cm³/mol. The van der Waals surface area contributed by atoms with Crippen LogP contribution in [0, 0.1) is 5.82 Å². The second-order valence-electron chi connectivity index (χ2n) is 3.34. The van der Waals surface area contributed by atoms with Crippen molar-refractivity contribution in [3.63, 3.8) is 0 Å². The molecule has 2 N–H and O–H groups in total. The summed E-state index contributed by atoms with van der Waals surface area (Å²) in [6.45, 7) is 0. The molecule has 0 fully saturated rings. The molecule has 0 heterocycles. The second kappa shape index (κ2) is 4.32. The monoisotopic (exact) mass is 255 g/mol. The fraction of sp³-hybridized carbons (Fsp3) is 0. The fourth-order valence-electron chi connectivity index (χ4n) is 1.42. The van der Waals surface area contributed by atoms with E-state index < -0.39 is 5.82 Å². The summed E-state index contributed by atoms with van der Waals surface area (Å²) in [6, 6.07) is 9.77. The number of benzene rings is 2. The van der Waals surface area contributed by atoms with E-state index in [1.165, 1.54) is 12.1 Å². The normalized spacial score (nSPS) is 10.4. The van der Waals surface area contributed by atoms with Crippen molar-refractivity contribution in [2.75, 3.05) is 5.73 Å². The van der Waals surface area contributed by atoms with E-state index in [2.05, 4.69) is 0 Å². The molecule has 2 aromatic rings. The molecule has 0 atom stereocenters. The van der Waals surface area contributed by atoms with Gasteiger partial charge in [-0.1, -0.05) is 41.4 Å². The maximum atomic E-state index is 13.3. The van der Waals surface area contributed by atoms with E-state index in [0.29, 0.717) is 21.2 Å². The van der Waals surface area contributed by atoms with E-state index in [-0.39, 0.29) is 5.69 Å². The first-order chi connectivity index (χ1) is 7.59. The van der Waals surface area contributed by atoms with Crippen LogP contribution in [0.25, 0.3) is 11.1 Å². The largest absolute Gasteiger partial charge is 0.396 e. The average molecular weight is 256 g/mol. The first-order valence-electron chi connectivity index (χ1n) is 4.59. The van der Waals surface area contributed by atoms with E-state index in [1.807, 2.05) is 0 Å². The number of rotatable bonds is 1. The van der Waals surface area contributed by atoms with Crippen LogP contribution in [0.4, 0.5) is 10.1 Å². The van der Waals surface area contributed by atoms with Crippen LogP contribution in [-0.2, 0) is 0 Å². The number of hydrogen-bond donors (Lipinski definition) is 1. The maximum absolute atomic E-state index is 13.3. The van der Waals surface area contributed by atoms with Crippen molar-refractivity contribution in [1.29, 1.82) is 0 Å². The summed E-state index contributed by atoms with van der Waals surface area (Å²) in [5, 5.41) is 0.852. The topological polar surface area (TPSA) is 26.0 Å². The van der Waals surface area contributed by atoms with Crippen LogP contribution in [-0.4, -0.2) is 0 Å². The summed E-state index contributed by atoms with van der Waals surface area (Å²) in [5.41, 5.74) is 6.85. The fourth-order valence-corrected chi connectivity index (χ4v) is 1.83. The third kappa shape index (κ3) is 1.99. The number of hydrogen-bond acceptors (Lipinski definition) is 1. The van der Waals surface area contributed by atoms with Crippen molar-refractivity contribution >= 4 is 28.9 Å². The van der Waals surface area contributed by atoms with Crippen molar-refractivity contribution in [2.24, 2.45) is 0 Å². The van der Waals surface area contributed by atoms with Gasteiger partial charge < -0.3 is 5.73 Å². The van der Waals surface area contributed by atoms with E-state index in [0.717, 1.165) is 0 Å². The van der Waals surface area contributed by atoms with Gasteiger partial charge in [0, 0.05) is 5.56 Å². The van der Waals surface area contributed by atoms with Crippen molar-refractivity contribution in [3.05, 3.63) is 52.3 Å². The zero-order valence-corrected chi connectivity index (χ0v) is 9.69. The summed E-state index contributed by atoms with van der Waals surface area (Å²) in [7, 11) is 0. The molecule has 16 heavy (non-hydrogen) atoms. The molecule has 0 unspecified atom stereocenters. The minimum absolute atomic E-state index is 0.113. The molecule has 0 radical (unpaired) electrons. The highest BCUT2D eigenvalue weighted by molar-refractivity contribution is 6.43. The van der Waals surface area contributed by atoms with Gasteiger partial charge in [-0.15, -0.1) is 0 Å². The van der Waals surface area contributed by atoms with Crippen LogP contribution in [0.1, 0.15) is 0 Å². The highest BCUT2D eigenvalue weighted by atomic mass is 35.5. The Balaban J connectivity index is 2.59. The molecule has 0 aliphatic rings. The maximum Gasteiger partial charge on any atom is 0.146 e. The molecule has 0 aliphatic carbocycles. The molecule has 82 valence electrons. The molecule has 4 heteroatoms. The molecular formula is C12H8Cl2FN. The van der Waals surface area contributed by atoms with Gasteiger partial charge in [-0.3, -0.25) is 0 Å². The summed E-state index contributed by atoms with van der Waals surface area (Å²) in [6.07, 6.45) is 0. The van der Waals surface area contributed by atoms with Gasteiger partial charge in [-0.05, 0) is 23.8 Å². The lowest BCUT2D eigenvalue weighted by Gasteiger charge is -2.06. The van der Waals surface area contributed by atoms with Crippen LogP contribution in [0.2, 0.25) is 10.0 Å². The Hall–Kier alpha value is -1.25. The Kier molecular flexibility index (Phi) is 3.03. The van der Waals surface area contributed by atoms with Crippen LogP contribution < -0.4 is 5.73 Å². The molecule has 2 rings (SSSR count). The third-order valence-electron chi connectivity index (χ3n) is 2.26. The standard InChI is InChI=1S/C12H8Cl2FN/c13-9-3-1-2-8(12(9)14)7-4-5-11(16)10(15)6-7/h1-6H,16H2. The number of halogens is 3. The summed E-state index contributed by atoms with van der Waals surface area (Å²) >= 11 is 11.9. The van der Waals surface area contributed by atoms with Gasteiger partial charge in [-0.2, -0.15) is 0 Å². The lowest BCUT2D eigenvalue weighted by atomic mass is 10.1. The first-order valence-corrected chi connectivity index (χ1v) is 5.34. The highest BCUT2D eigenvalue weighted by Gasteiger charge is 2.08. The van der Waals surface area contributed by atoms with Gasteiger partial charge in [0.15, 0.2) is 0 Å². The second-order valence-corrected chi connectivity index (χ2v) is 4.12. The van der Waals surface area contributed by atoms with Gasteiger partial charge in [0.05, 0.1) is 15.7 Å². The van der Waals surface area contributed by atoms with Crippen LogP contribution >= 0.6 is 23.2 Å². The van der Waals surface area contributed by atoms with Gasteiger partial charge in [0.1, 0.15) is 5.82 Å². The van der Waals surface area contributed by atoms with E-state index in [1.54, 1.807) is 24.3 Å². The summed E-state index contributed by atoms with van der Waals surface area (Å²) < 4.78 is 13.3. The summed E-state index contributed by atoms with van der Waals surface area (Å²) in [5.74, 6) is -0.464. The Morgan fingerprint density at radius 2 is 1.81 bits per heavy atom. The third-order valence-corrected chi connectivity index (χ3v) is 3.08. The average Bonchev–Trinajstić information content (AvgIpc) is 2.26. The van der Waals surface area contributed by atoms with Crippen LogP contribution in [0.5, 0.6) is 0 Å². The van der Waals surface area contributed by atoms with Crippen molar-refractivity contribution in [2.45, 2.75) is 0 Å². The molecule has 0 bridgehead atoms.